The third-order valence-electron chi connectivity index (χ3n) is 3.17. The summed E-state index contributed by atoms with van der Waals surface area (Å²) in [5, 5.41) is 8.10. The Hall–Kier alpha value is -1.46. The standard InChI is InChI=1S/C15H21ClN4O/c1-3-5-12(17-8-4-2)9-14-19-15(20-21-14)13-7-6-11(16)10-18-13/h6-7,10,12,17H,3-5,8-9H2,1-2H3. The highest BCUT2D eigenvalue weighted by atomic mass is 35.5. The molecule has 2 heterocycles. The zero-order valence-electron chi connectivity index (χ0n) is 12.5. The second-order valence-electron chi connectivity index (χ2n) is 5.02. The van der Waals surface area contributed by atoms with E-state index in [1.54, 1.807) is 18.3 Å². The van der Waals surface area contributed by atoms with Crippen molar-refractivity contribution in [2.45, 2.75) is 45.6 Å². The minimum Gasteiger partial charge on any atom is -0.339 e. The van der Waals surface area contributed by atoms with Crippen molar-refractivity contribution in [2.24, 2.45) is 0 Å². The Balaban J connectivity index is 2.02. The van der Waals surface area contributed by atoms with Gasteiger partial charge in [-0.05, 0) is 31.5 Å². The molecule has 0 aliphatic rings. The van der Waals surface area contributed by atoms with E-state index in [9.17, 15) is 0 Å². The van der Waals surface area contributed by atoms with Gasteiger partial charge in [-0.3, -0.25) is 4.98 Å². The van der Waals surface area contributed by atoms with Crippen LogP contribution in [0.3, 0.4) is 0 Å². The van der Waals surface area contributed by atoms with Gasteiger partial charge in [0.1, 0.15) is 5.69 Å². The van der Waals surface area contributed by atoms with E-state index >= 15 is 0 Å². The molecule has 0 saturated carbocycles. The molecule has 2 aromatic rings. The van der Waals surface area contributed by atoms with Crippen LogP contribution < -0.4 is 5.32 Å². The largest absolute Gasteiger partial charge is 0.339 e. The summed E-state index contributed by atoms with van der Waals surface area (Å²) in [6.45, 7) is 5.34. The fourth-order valence-electron chi connectivity index (χ4n) is 2.13. The van der Waals surface area contributed by atoms with Gasteiger partial charge < -0.3 is 9.84 Å². The van der Waals surface area contributed by atoms with Crippen molar-refractivity contribution >= 4 is 11.6 Å². The summed E-state index contributed by atoms with van der Waals surface area (Å²) in [5.41, 5.74) is 0.669. The lowest BCUT2D eigenvalue weighted by molar-refractivity contribution is 0.350. The van der Waals surface area contributed by atoms with Gasteiger partial charge in [-0.2, -0.15) is 4.98 Å². The summed E-state index contributed by atoms with van der Waals surface area (Å²) in [6.07, 6.45) is 5.66. The highest BCUT2D eigenvalue weighted by Crippen LogP contribution is 2.16. The van der Waals surface area contributed by atoms with Crippen molar-refractivity contribution in [1.29, 1.82) is 0 Å². The molecule has 0 aliphatic carbocycles. The molecule has 2 aromatic heterocycles. The first-order valence-corrected chi connectivity index (χ1v) is 7.78. The number of aromatic nitrogens is 3. The predicted octanol–water partition coefficient (Wildman–Crippen LogP) is 3.50. The Bertz CT molecular complexity index is 541. The second-order valence-corrected chi connectivity index (χ2v) is 5.45. The molecule has 0 radical (unpaired) electrons. The number of pyridine rings is 1. The lowest BCUT2D eigenvalue weighted by Gasteiger charge is -2.15. The SMILES string of the molecule is CCCNC(CCC)Cc1nc(-c2ccc(Cl)cn2)no1. The fraction of sp³-hybridized carbons (Fsp3) is 0.533. The zero-order chi connectivity index (χ0) is 15.1. The zero-order valence-corrected chi connectivity index (χ0v) is 13.2. The van der Waals surface area contributed by atoms with Gasteiger partial charge in [0.05, 0.1) is 5.02 Å². The molecule has 0 aromatic carbocycles. The quantitative estimate of drug-likeness (QED) is 0.808. The maximum Gasteiger partial charge on any atom is 0.228 e. The summed E-state index contributed by atoms with van der Waals surface area (Å²) < 4.78 is 5.33. The topological polar surface area (TPSA) is 63.8 Å². The van der Waals surface area contributed by atoms with E-state index in [4.69, 9.17) is 16.1 Å². The average Bonchev–Trinajstić information content (AvgIpc) is 2.94. The lowest BCUT2D eigenvalue weighted by atomic mass is 10.1. The minimum atomic E-state index is 0.376. The first-order chi connectivity index (χ1) is 10.2. The van der Waals surface area contributed by atoms with Gasteiger partial charge in [-0.1, -0.05) is 37.0 Å². The third kappa shape index (κ3) is 4.79. The fourth-order valence-corrected chi connectivity index (χ4v) is 2.25. The molecule has 5 nitrogen and oxygen atoms in total. The van der Waals surface area contributed by atoms with E-state index in [-0.39, 0.29) is 0 Å². The number of hydrogen-bond donors (Lipinski definition) is 1. The van der Waals surface area contributed by atoms with Gasteiger partial charge >= 0.3 is 0 Å². The van der Waals surface area contributed by atoms with Crippen LogP contribution in [0.2, 0.25) is 5.02 Å². The molecular formula is C15H21ClN4O. The first kappa shape index (κ1) is 15.9. The molecule has 0 bridgehead atoms. The maximum absolute atomic E-state index is 5.82. The van der Waals surface area contributed by atoms with Crippen LogP contribution in [-0.2, 0) is 6.42 Å². The third-order valence-corrected chi connectivity index (χ3v) is 3.39. The van der Waals surface area contributed by atoms with E-state index in [0.717, 1.165) is 32.2 Å². The smallest absolute Gasteiger partial charge is 0.228 e. The van der Waals surface area contributed by atoms with Crippen LogP contribution in [0.4, 0.5) is 0 Å². The molecule has 0 fully saturated rings. The summed E-state index contributed by atoms with van der Waals surface area (Å²) in [7, 11) is 0. The Labute approximate surface area is 130 Å². The van der Waals surface area contributed by atoms with Crippen molar-refractivity contribution in [3.05, 3.63) is 29.2 Å². The van der Waals surface area contributed by atoms with E-state index in [1.807, 2.05) is 0 Å². The van der Waals surface area contributed by atoms with Gasteiger partial charge in [-0.25, -0.2) is 0 Å². The van der Waals surface area contributed by atoms with Crippen molar-refractivity contribution < 1.29 is 4.52 Å². The average molecular weight is 309 g/mol. The van der Waals surface area contributed by atoms with Crippen LogP contribution in [0.15, 0.2) is 22.9 Å². The molecule has 0 amide bonds. The van der Waals surface area contributed by atoms with E-state index in [0.29, 0.717) is 28.5 Å². The molecule has 6 heteroatoms. The van der Waals surface area contributed by atoms with Crippen LogP contribution in [-0.4, -0.2) is 27.7 Å². The Morgan fingerprint density at radius 1 is 1.29 bits per heavy atom. The lowest BCUT2D eigenvalue weighted by Crippen LogP contribution is -2.31. The number of hydrogen-bond acceptors (Lipinski definition) is 5. The minimum absolute atomic E-state index is 0.376. The van der Waals surface area contributed by atoms with Crippen LogP contribution in [0.25, 0.3) is 11.5 Å². The van der Waals surface area contributed by atoms with Gasteiger partial charge in [0.15, 0.2) is 0 Å². The van der Waals surface area contributed by atoms with E-state index in [2.05, 4.69) is 34.3 Å². The molecular weight excluding hydrogens is 288 g/mol. The summed E-state index contributed by atoms with van der Waals surface area (Å²) in [6, 6.07) is 3.93. The first-order valence-electron chi connectivity index (χ1n) is 7.40. The Morgan fingerprint density at radius 2 is 2.14 bits per heavy atom. The van der Waals surface area contributed by atoms with Crippen LogP contribution >= 0.6 is 11.6 Å². The van der Waals surface area contributed by atoms with Gasteiger partial charge in [-0.15, -0.1) is 0 Å². The molecule has 2 rings (SSSR count). The van der Waals surface area contributed by atoms with Crippen LogP contribution in [0.5, 0.6) is 0 Å². The molecule has 114 valence electrons. The van der Waals surface area contributed by atoms with E-state index in [1.165, 1.54) is 0 Å². The number of nitrogens with one attached hydrogen (secondary N) is 1. The molecule has 1 atom stereocenters. The van der Waals surface area contributed by atoms with Gasteiger partial charge in [0.2, 0.25) is 11.7 Å². The van der Waals surface area contributed by atoms with Crippen molar-refractivity contribution in [2.75, 3.05) is 6.54 Å². The van der Waals surface area contributed by atoms with Crippen LogP contribution in [0.1, 0.15) is 39.0 Å². The maximum atomic E-state index is 5.82. The Kier molecular flexibility index (Phi) is 6.14. The summed E-state index contributed by atoms with van der Waals surface area (Å²) >= 11 is 5.82. The monoisotopic (exact) mass is 308 g/mol. The molecule has 0 spiro atoms. The second kappa shape index (κ2) is 8.10. The highest BCUT2D eigenvalue weighted by molar-refractivity contribution is 6.30. The van der Waals surface area contributed by atoms with Gasteiger partial charge in [0.25, 0.3) is 0 Å². The van der Waals surface area contributed by atoms with Gasteiger partial charge in [0, 0.05) is 18.7 Å². The number of rotatable bonds is 8. The van der Waals surface area contributed by atoms with Crippen molar-refractivity contribution in [1.82, 2.24) is 20.4 Å². The Morgan fingerprint density at radius 3 is 2.81 bits per heavy atom. The molecule has 21 heavy (non-hydrogen) atoms. The molecule has 0 aliphatic heterocycles. The van der Waals surface area contributed by atoms with Crippen molar-refractivity contribution in [3.63, 3.8) is 0 Å². The highest BCUT2D eigenvalue weighted by Gasteiger charge is 2.14. The molecule has 0 saturated heterocycles. The predicted molar refractivity (Wildman–Crippen MR) is 83.2 cm³/mol. The molecule has 1 unspecified atom stereocenters. The summed E-state index contributed by atoms with van der Waals surface area (Å²) in [5.74, 6) is 1.15. The molecule has 1 N–H and O–H groups in total. The number of halogens is 1. The number of nitrogens with zero attached hydrogens (tertiary/aromatic N) is 3. The summed E-state index contributed by atoms with van der Waals surface area (Å²) in [4.78, 5) is 8.61. The van der Waals surface area contributed by atoms with E-state index < -0.39 is 0 Å². The normalized spacial score (nSPS) is 12.5. The van der Waals surface area contributed by atoms with Crippen LogP contribution in [0, 0.1) is 0 Å². The van der Waals surface area contributed by atoms with Crippen molar-refractivity contribution in [3.8, 4) is 11.5 Å².